The Balaban J connectivity index is 1.88. The van der Waals surface area contributed by atoms with Gasteiger partial charge in [0, 0.05) is 12.1 Å². The first kappa shape index (κ1) is 14.2. The van der Waals surface area contributed by atoms with E-state index in [2.05, 4.69) is 0 Å². The molecule has 1 aliphatic rings. The Morgan fingerprint density at radius 2 is 2.20 bits per heavy atom. The number of nitro benzene ring substituents is 1. The lowest BCUT2D eigenvalue weighted by molar-refractivity contribution is -0.384. The first-order valence-electron chi connectivity index (χ1n) is 6.00. The molecule has 1 amide bonds. The standard InChI is InChI=1S/C12H14N2O6/c15-11-8-19-6-5-13(11)12(16)20-7-9-1-3-10(4-2-9)14(17)18/h1-4,11,15H,5-8H2. The zero-order valence-corrected chi connectivity index (χ0v) is 10.6. The van der Waals surface area contributed by atoms with Crippen molar-refractivity contribution in [2.75, 3.05) is 19.8 Å². The molecule has 0 bridgehead atoms. The van der Waals surface area contributed by atoms with Crippen LogP contribution in [0.2, 0.25) is 0 Å². The lowest BCUT2D eigenvalue weighted by Crippen LogP contribution is -2.48. The minimum Gasteiger partial charge on any atom is -0.444 e. The van der Waals surface area contributed by atoms with Gasteiger partial charge in [-0.05, 0) is 17.7 Å². The maximum Gasteiger partial charge on any atom is 0.412 e. The summed E-state index contributed by atoms with van der Waals surface area (Å²) in [5.74, 6) is 0. The second-order valence-electron chi connectivity index (χ2n) is 4.23. The number of non-ortho nitro benzene ring substituents is 1. The molecular weight excluding hydrogens is 268 g/mol. The van der Waals surface area contributed by atoms with Gasteiger partial charge in [-0.25, -0.2) is 4.79 Å². The summed E-state index contributed by atoms with van der Waals surface area (Å²) in [6.07, 6.45) is -1.65. The van der Waals surface area contributed by atoms with Crippen LogP contribution in [0.5, 0.6) is 0 Å². The van der Waals surface area contributed by atoms with Gasteiger partial charge in [0.1, 0.15) is 6.61 Å². The molecule has 1 heterocycles. The van der Waals surface area contributed by atoms with Crippen LogP contribution in [0.25, 0.3) is 0 Å². The average Bonchev–Trinajstić information content (AvgIpc) is 2.45. The SMILES string of the molecule is O=C(OCc1ccc([N+](=O)[O-])cc1)N1CCOCC1O. The summed E-state index contributed by atoms with van der Waals surface area (Å²) in [7, 11) is 0. The van der Waals surface area contributed by atoms with E-state index in [1.54, 1.807) is 0 Å². The molecule has 1 aliphatic heterocycles. The number of aliphatic hydroxyl groups excluding tert-OH is 1. The molecule has 1 atom stereocenters. The van der Waals surface area contributed by atoms with Crippen LogP contribution in [0, 0.1) is 10.1 Å². The van der Waals surface area contributed by atoms with Crippen molar-refractivity contribution in [1.82, 2.24) is 4.90 Å². The van der Waals surface area contributed by atoms with E-state index in [-0.39, 0.29) is 25.4 Å². The summed E-state index contributed by atoms with van der Waals surface area (Å²) in [5.41, 5.74) is 0.607. The van der Waals surface area contributed by atoms with Gasteiger partial charge in [-0.3, -0.25) is 15.0 Å². The second kappa shape index (κ2) is 6.31. The number of aliphatic hydroxyl groups is 1. The average molecular weight is 282 g/mol. The number of nitro groups is 1. The largest absolute Gasteiger partial charge is 0.444 e. The summed E-state index contributed by atoms with van der Waals surface area (Å²) < 4.78 is 10.0. The smallest absolute Gasteiger partial charge is 0.412 e. The second-order valence-corrected chi connectivity index (χ2v) is 4.23. The maximum absolute atomic E-state index is 11.7. The van der Waals surface area contributed by atoms with Crippen molar-refractivity contribution in [3.63, 3.8) is 0 Å². The van der Waals surface area contributed by atoms with Crippen LogP contribution in [-0.4, -0.2) is 47.0 Å². The summed E-state index contributed by atoms with van der Waals surface area (Å²) in [4.78, 5) is 22.9. The fraction of sp³-hybridized carbons (Fsp3) is 0.417. The van der Waals surface area contributed by atoms with Crippen LogP contribution in [0.1, 0.15) is 5.56 Å². The molecule has 20 heavy (non-hydrogen) atoms. The number of hydrogen-bond acceptors (Lipinski definition) is 6. The molecule has 8 nitrogen and oxygen atoms in total. The van der Waals surface area contributed by atoms with E-state index in [1.807, 2.05) is 0 Å². The lowest BCUT2D eigenvalue weighted by atomic mass is 10.2. The third-order valence-corrected chi connectivity index (χ3v) is 2.85. The minimum atomic E-state index is -1.01. The molecule has 1 fully saturated rings. The summed E-state index contributed by atoms with van der Waals surface area (Å²) in [5, 5.41) is 20.1. The third-order valence-electron chi connectivity index (χ3n) is 2.85. The molecule has 0 radical (unpaired) electrons. The predicted molar refractivity (Wildman–Crippen MR) is 66.8 cm³/mol. The van der Waals surface area contributed by atoms with E-state index in [1.165, 1.54) is 29.2 Å². The van der Waals surface area contributed by atoms with E-state index in [4.69, 9.17) is 9.47 Å². The molecule has 1 unspecified atom stereocenters. The van der Waals surface area contributed by atoms with Gasteiger partial charge >= 0.3 is 6.09 Å². The number of hydrogen-bond donors (Lipinski definition) is 1. The molecule has 0 saturated carbocycles. The van der Waals surface area contributed by atoms with E-state index in [0.29, 0.717) is 12.2 Å². The number of morpholine rings is 1. The molecule has 2 rings (SSSR count). The molecule has 1 saturated heterocycles. The van der Waals surface area contributed by atoms with E-state index >= 15 is 0 Å². The molecule has 8 heteroatoms. The Morgan fingerprint density at radius 1 is 1.50 bits per heavy atom. The quantitative estimate of drug-likeness (QED) is 0.652. The van der Waals surface area contributed by atoms with Crippen molar-refractivity contribution in [3.8, 4) is 0 Å². The van der Waals surface area contributed by atoms with Crippen molar-refractivity contribution >= 4 is 11.8 Å². The van der Waals surface area contributed by atoms with Gasteiger partial charge in [0.05, 0.1) is 24.7 Å². The van der Waals surface area contributed by atoms with Gasteiger partial charge in [-0.15, -0.1) is 0 Å². The zero-order chi connectivity index (χ0) is 14.5. The van der Waals surface area contributed by atoms with Gasteiger partial charge in [-0.2, -0.15) is 0 Å². The Kier molecular flexibility index (Phi) is 4.49. The summed E-state index contributed by atoms with van der Waals surface area (Å²) >= 11 is 0. The van der Waals surface area contributed by atoms with E-state index in [9.17, 15) is 20.0 Å². The molecule has 1 aromatic carbocycles. The summed E-state index contributed by atoms with van der Waals surface area (Å²) in [6.45, 7) is 0.664. The number of benzene rings is 1. The number of ether oxygens (including phenoxy) is 2. The first-order chi connectivity index (χ1) is 9.58. The topological polar surface area (TPSA) is 102 Å². The molecule has 1 N–H and O–H groups in total. The van der Waals surface area contributed by atoms with Crippen molar-refractivity contribution in [1.29, 1.82) is 0 Å². The highest BCUT2D eigenvalue weighted by molar-refractivity contribution is 5.68. The Bertz CT molecular complexity index is 489. The Labute approximate surface area is 114 Å². The lowest BCUT2D eigenvalue weighted by Gasteiger charge is -2.30. The number of amides is 1. The van der Waals surface area contributed by atoms with E-state index in [0.717, 1.165) is 0 Å². The monoisotopic (exact) mass is 282 g/mol. The molecule has 0 aliphatic carbocycles. The minimum absolute atomic E-state index is 0.0130. The van der Waals surface area contributed by atoms with Gasteiger partial charge in [0.25, 0.3) is 5.69 Å². The van der Waals surface area contributed by atoms with Crippen LogP contribution in [0.15, 0.2) is 24.3 Å². The van der Waals surface area contributed by atoms with Crippen LogP contribution in [0.4, 0.5) is 10.5 Å². The highest BCUT2D eigenvalue weighted by Crippen LogP contribution is 2.13. The van der Waals surface area contributed by atoms with Crippen molar-refractivity contribution in [2.24, 2.45) is 0 Å². The van der Waals surface area contributed by atoms with E-state index < -0.39 is 17.2 Å². The van der Waals surface area contributed by atoms with Gasteiger partial charge in [-0.1, -0.05) is 0 Å². The molecular formula is C12H14N2O6. The third kappa shape index (κ3) is 3.43. The highest BCUT2D eigenvalue weighted by Gasteiger charge is 2.26. The number of nitrogens with zero attached hydrogens (tertiary/aromatic N) is 2. The Hall–Kier alpha value is -2.19. The van der Waals surface area contributed by atoms with Gasteiger partial charge in [0.15, 0.2) is 6.23 Å². The maximum atomic E-state index is 11.7. The summed E-state index contributed by atoms with van der Waals surface area (Å²) in [6, 6.07) is 5.71. The predicted octanol–water partition coefficient (Wildman–Crippen LogP) is 0.882. The Morgan fingerprint density at radius 3 is 2.80 bits per heavy atom. The van der Waals surface area contributed by atoms with Crippen molar-refractivity contribution in [3.05, 3.63) is 39.9 Å². The highest BCUT2D eigenvalue weighted by atomic mass is 16.6. The number of carbonyl (C=O) groups is 1. The first-order valence-corrected chi connectivity index (χ1v) is 6.00. The zero-order valence-electron chi connectivity index (χ0n) is 10.6. The molecule has 0 aromatic heterocycles. The van der Waals surface area contributed by atoms with Crippen LogP contribution in [-0.2, 0) is 16.1 Å². The number of rotatable bonds is 3. The molecule has 0 spiro atoms. The molecule has 108 valence electrons. The normalized spacial score (nSPS) is 18.6. The van der Waals surface area contributed by atoms with Gasteiger partial charge in [0.2, 0.25) is 0 Å². The molecule has 1 aromatic rings. The number of carbonyl (C=O) groups excluding carboxylic acids is 1. The van der Waals surface area contributed by atoms with Crippen LogP contribution in [0.3, 0.4) is 0 Å². The van der Waals surface area contributed by atoms with Crippen molar-refractivity contribution in [2.45, 2.75) is 12.8 Å². The van der Waals surface area contributed by atoms with Gasteiger partial charge < -0.3 is 14.6 Å². The fourth-order valence-corrected chi connectivity index (χ4v) is 1.75. The van der Waals surface area contributed by atoms with Crippen molar-refractivity contribution < 1.29 is 24.3 Å². The van der Waals surface area contributed by atoms with Crippen LogP contribution >= 0.6 is 0 Å². The van der Waals surface area contributed by atoms with Crippen LogP contribution < -0.4 is 0 Å². The fourth-order valence-electron chi connectivity index (χ4n) is 1.75.